The third-order valence-corrected chi connectivity index (χ3v) is 4.46. The van der Waals surface area contributed by atoms with Crippen molar-refractivity contribution in [1.82, 2.24) is 4.90 Å². The van der Waals surface area contributed by atoms with Crippen LogP contribution in [-0.2, 0) is 19.1 Å². The van der Waals surface area contributed by atoms with Crippen LogP contribution in [0.4, 0.5) is 17.6 Å². The van der Waals surface area contributed by atoms with Crippen molar-refractivity contribution in [2.45, 2.75) is 25.6 Å². The third kappa shape index (κ3) is 5.10. The maximum absolute atomic E-state index is 13.6. The lowest BCUT2D eigenvalue weighted by atomic mass is 10.0. The zero-order chi connectivity index (χ0) is 19.4. The molecule has 2 aromatic carbocycles. The van der Waals surface area contributed by atoms with Gasteiger partial charge in [-0.3, -0.25) is 4.90 Å². The molecule has 0 radical (unpaired) electrons. The van der Waals surface area contributed by atoms with E-state index in [-0.39, 0.29) is 0 Å². The van der Waals surface area contributed by atoms with E-state index in [0.29, 0.717) is 18.7 Å². The molecule has 6 heteroatoms. The number of rotatable bonds is 5. The molecule has 0 bridgehead atoms. The van der Waals surface area contributed by atoms with Gasteiger partial charge in [0.1, 0.15) is 11.6 Å². The average Bonchev–Trinajstić information content (AvgIpc) is 2.60. The van der Waals surface area contributed by atoms with Gasteiger partial charge in [0.15, 0.2) is 0 Å². The molecule has 1 aliphatic rings. The highest BCUT2D eigenvalue weighted by atomic mass is 19.4. The fourth-order valence-electron chi connectivity index (χ4n) is 3.09. The largest absolute Gasteiger partial charge is 0.493 e. The number of aryl methyl sites for hydroxylation is 1. The van der Waals surface area contributed by atoms with E-state index in [1.54, 1.807) is 12.2 Å². The molecule has 144 valence electrons. The van der Waals surface area contributed by atoms with E-state index >= 15 is 0 Å². The molecule has 2 nitrogen and oxygen atoms in total. The highest BCUT2D eigenvalue weighted by molar-refractivity contribution is 5.50. The molecule has 1 aliphatic heterocycles. The van der Waals surface area contributed by atoms with Crippen LogP contribution in [0.3, 0.4) is 0 Å². The Hall–Kier alpha value is -2.34. The summed E-state index contributed by atoms with van der Waals surface area (Å²) in [5.41, 5.74) is 1.52. The number of halogens is 4. The van der Waals surface area contributed by atoms with E-state index < -0.39 is 17.6 Å². The molecule has 0 N–H and O–H groups in total. The summed E-state index contributed by atoms with van der Waals surface area (Å²) in [6.07, 6.45) is 0.831. The first kappa shape index (κ1) is 19.4. The van der Waals surface area contributed by atoms with Gasteiger partial charge in [-0.1, -0.05) is 30.4 Å². The van der Waals surface area contributed by atoms with E-state index in [1.165, 1.54) is 11.6 Å². The summed E-state index contributed by atoms with van der Waals surface area (Å²) in [5, 5.41) is 0. The molecule has 1 heterocycles. The molecule has 3 rings (SSSR count). The predicted molar refractivity (Wildman–Crippen MR) is 97.0 cm³/mol. The highest BCUT2D eigenvalue weighted by Crippen LogP contribution is 2.31. The minimum atomic E-state index is -4.68. The summed E-state index contributed by atoms with van der Waals surface area (Å²) in [6.45, 7) is 2.04. The van der Waals surface area contributed by atoms with Gasteiger partial charge in [-0.05, 0) is 54.8 Å². The lowest BCUT2D eigenvalue weighted by molar-refractivity contribution is -0.140. The van der Waals surface area contributed by atoms with E-state index in [9.17, 15) is 17.6 Å². The molecule has 0 amide bonds. The summed E-state index contributed by atoms with van der Waals surface area (Å²) in [7, 11) is 1.94. The zero-order valence-corrected chi connectivity index (χ0v) is 15.0. The molecule has 0 unspecified atom stereocenters. The summed E-state index contributed by atoms with van der Waals surface area (Å²) < 4.78 is 57.0. The number of hydrogen-bond donors (Lipinski definition) is 0. The number of likely N-dealkylation sites (N-methyl/N-ethyl adjacent to an activating group) is 1. The molecule has 27 heavy (non-hydrogen) atoms. The summed E-state index contributed by atoms with van der Waals surface area (Å²) >= 11 is 0. The van der Waals surface area contributed by atoms with Gasteiger partial charge in [0, 0.05) is 13.1 Å². The Bertz CT molecular complexity index is 829. The Morgan fingerprint density at radius 1 is 1.15 bits per heavy atom. The van der Waals surface area contributed by atoms with Crippen LogP contribution in [0.15, 0.2) is 42.5 Å². The number of fused-ring (bicyclic) bond motifs is 1. The van der Waals surface area contributed by atoms with Gasteiger partial charge in [-0.15, -0.1) is 0 Å². The Morgan fingerprint density at radius 2 is 1.96 bits per heavy atom. The highest BCUT2D eigenvalue weighted by Gasteiger charge is 2.33. The van der Waals surface area contributed by atoms with Crippen molar-refractivity contribution in [1.29, 1.82) is 0 Å². The van der Waals surface area contributed by atoms with E-state index in [4.69, 9.17) is 4.74 Å². The predicted octanol–water partition coefficient (Wildman–Crippen LogP) is 5.31. The van der Waals surface area contributed by atoms with Gasteiger partial charge in [0.2, 0.25) is 0 Å². The minimum Gasteiger partial charge on any atom is -0.493 e. The van der Waals surface area contributed by atoms with Crippen molar-refractivity contribution in [3.8, 4) is 5.75 Å². The van der Waals surface area contributed by atoms with Crippen LogP contribution in [0.5, 0.6) is 5.75 Å². The van der Waals surface area contributed by atoms with E-state index in [1.807, 2.05) is 7.05 Å². The zero-order valence-electron chi connectivity index (χ0n) is 15.0. The van der Waals surface area contributed by atoms with Crippen molar-refractivity contribution < 1.29 is 22.3 Å². The number of alkyl halides is 3. The second kappa shape index (κ2) is 8.13. The first-order valence-corrected chi connectivity index (χ1v) is 8.79. The van der Waals surface area contributed by atoms with Gasteiger partial charge in [0.25, 0.3) is 0 Å². The molecule has 0 aromatic heterocycles. The smallest absolute Gasteiger partial charge is 0.419 e. The van der Waals surface area contributed by atoms with Crippen molar-refractivity contribution in [2.24, 2.45) is 0 Å². The molecular weight excluding hydrogens is 358 g/mol. The lowest BCUT2D eigenvalue weighted by Crippen LogP contribution is -2.18. The molecule has 0 atom stereocenters. The van der Waals surface area contributed by atoms with Crippen LogP contribution in [0.2, 0.25) is 0 Å². The van der Waals surface area contributed by atoms with Crippen molar-refractivity contribution in [3.05, 3.63) is 70.5 Å². The van der Waals surface area contributed by atoms with Crippen LogP contribution in [0, 0.1) is 5.82 Å². The maximum Gasteiger partial charge on any atom is 0.419 e. The Morgan fingerprint density at radius 3 is 2.70 bits per heavy atom. The average molecular weight is 379 g/mol. The molecule has 0 aliphatic carbocycles. The Labute approximate surface area is 156 Å². The SMILES string of the molecule is CN(CC=Cc1ccc(C(F)(F)F)c(F)c1)Cc1ccc2c(c1)OCCC2. The molecule has 0 fully saturated rings. The van der Waals surface area contributed by atoms with Crippen molar-refractivity contribution in [3.63, 3.8) is 0 Å². The number of ether oxygens (including phenoxy) is 1. The summed E-state index contributed by atoms with van der Waals surface area (Å²) in [5.74, 6) is -0.310. The quantitative estimate of drug-likeness (QED) is 0.653. The molecule has 2 aromatic rings. The standard InChI is InChI=1S/C21H21F4NO/c1-26(14-16-6-8-17-5-3-11-27-20(17)13-16)10-2-4-15-7-9-18(19(22)12-15)21(23,24)25/h2,4,6-9,12-13H,3,5,10-11,14H2,1H3. The monoisotopic (exact) mass is 379 g/mol. The first-order chi connectivity index (χ1) is 12.8. The topological polar surface area (TPSA) is 12.5 Å². The first-order valence-electron chi connectivity index (χ1n) is 8.79. The fourth-order valence-corrected chi connectivity index (χ4v) is 3.09. The van der Waals surface area contributed by atoms with E-state index in [0.717, 1.165) is 42.9 Å². The van der Waals surface area contributed by atoms with Gasteiger partial charge in [-0.25, -0.2) is 4.39 Å². The molecular formula is C21H21F4NO. The second-order valence-electron chi connectivity index (χ2n) is 6.73. The molecule has 0 saturated carbocycles. The maximum atomic E-state index is 13.6. The van der Waals surface area contributed by atoms with Crippen molar-refractivity contribution >= 4 is 6.08 Å². The number of hydrogen-bond acceptors (Lipinski definition) is 2. The van der Waals surface area contributed by atoms with Crippen LogP contribution < -0.4 is 4.74 Å². The summed E-state index contributed by atoms with van der Waals surface area (Å²) in [6, 6.07) is 9.17. The van der Waals surface area contributed by atoms with Crippen LogP contribution in [0.25, 0.3) is 6.08 Å². The molecule has 0 spiro atoms. The Kier molecular flexibility index (Phi) is 5.85. The van der Waals surface area contributed by atoms with Crippen LogP contribution in [-0.4, -0.2) is 25.1 Å². The fraction of sp³-hybridized carbons (Fsp3) is 0.333. The number of nitrogens with zero attached hydrogens (tertiary/aromatic N) is 1. The van der Waals surface area contributed by atoms with Gasteiger partial charge in [0.05, 0.1) is 12.2 Å². The van der Waals surface area contributed by atoms with E-state index in [2.05, 4.69) is 23.1 Å². The Balaban J connectivity index is 1.57. The third-order valence-electron chi connectivity index (χ3n) is 4.46. The number of benzene rings is 2. The minimum absolute atomic E-state index is 0.399. The van der Waals surface area contributed by atoms with Crippen LogP contribution >= 0.6 is 0 Å². The van der Waals surface area contributed by atoms with Crippen LogP contribution in [0.1, 0.15) is 28.7 Å². The van der Waals surface area contributed by atoms with Gasteiger partial charge < -0.3 is 4.74 Å². The van der Waals surface area contributed by atoms with Gasteiger partial charge in [-0.2, -0.15) is 13.2 Å². The van der Waals surface area contributed by atoms with Gasteiger partial charge >= 0.3 is 6.18 Å². The van der Waals surface area contributed by atoms with Crippen molar-refractivity contribution in [2.75, 3.05) is 20.2 Å². The summed E-state index contributed by atoms with van der Waals surface area (Å²) in [4.78, 5) is 2.06. The normalized spacial score (nSPS) is 14.4. The second-order valence-corrected chi connectivity index (χ2v) is 6.73. The lowest BCUT2D eigenvalue weighted by Gasteiger charge is -2.20. The molecule has 0 saturated heterocycles.